The maximum absolute atomic E-state index is 7.36. The quantitative estimate of drug-likeness (QED) is 0.0764. The Labute approximate surface area is 356 Å². The predicted molar refractivity (Wildman–Crippen MR) is 243 cm³/mol. The van der Waals surface area contributed by atoms with Crippen LogP contribution in [0.2, 0.25) is 5.04 Å². The summed E-state index contributed by atoms with van der Waals surface area (Å²) in [5.74, 6) is 2.86. The first-order valence-electron chi connectivity index (χ1n) is 17.8. The maximum Gasteiger partial charge on any atom is 0.261 e. The van der Waals surface area contributed by atoms with Crippen LogP contribution in [0, 0.1) is 5.41 Å². The van der Waals surface area contributed by atoms with Crippen LogP contribution in [0.1, 0.15) is 20.8 Å². The van der Waals surface area contributed by atoms with Crippen molar-refractivity contribution in [2.75, 3.05) is 91.3 Å². The minimum atomic E-state index is -2.58. The molecule has 1 atom stereocenters. The van der Waals surface area contributed by atoms with Crippen molar-refractivity contribution < 1.29 is 32.8 Å². The van der Waals surface area contributed by atoms with Gasteiger partial charge in [-0.25, -0.2) is 0 Å². The zero-order valence-corrected chi connectivity index (χ0v) is 39.0. The Bertz CT molecular complexity index is 1530. The van der Waals surface area contributed by atoms with Crippen molar-refractivity contribution in [1.82, 2.24) is 0 Å². The third-order valence-corrected chi connectivity index (χ3v) is 26.6. The van der Waals surface area contributed by atoms with Crippen LogP contribution in [0.3, 0.4) is 0 Å². The van der Waals surface area contributed by atoms with E-state index in [-0.39, 0.29) is 24.0 Å². The Balaban J connectivity index is 1.05. The van der Waals surface area contributed by atoms with Gasteiger partial charge in [0.25, 0.3) is 8.32 Å². The summed E-state index contributed by atoms with van der Waals surface area (Å²) in [6, 6.07) is 22.0. The topological polar surface area (TPSA) is 64.6 Å². The first kappa shape index (κ1) is 44.0. The third-order valence-electron chi connectivity index (χ3n) is 8.85. The average molecular weight is 903 g/mol. The summed E-state index contributed by atoms with van der Waals surface area (Å²) < 4.78 is 49.3. The summed E-state index contributed by atoms with van der Waals surface area (Å²) in [5.41, 5.74) is -0.167. The largest absolute Gasteiger partial charge is 0.406 e. The summed E-state index contributed by atoms with van der Waals surface area (Å²) in [7, 11) is 0.766. The van der Waals surface area contributed by atoms with Gasteiger partial charge in [-0.3, -0.25) is 0 Å². The molecule has 0 saturated carbocycles. The van der Waals surface area contributed by atoms with Gasteiger partial charge in [0.1, 0.15) is 13.6 Å². The number of thioether (sulfide) groups is 8. The summed E-state index contributed by atoms with van der Waals surface area (Å²) in [5, 5.41) is 3.04. The summed E-state index contributed by atoms with van der Waals surface area (Å²) in [4.78, 5) is 0. The second kappa shape index (κ2) is 21.6. The second-order valence-corrected chi connectivity index (χ2v) is 28.2. The highest BCUT2D eigenvalue weighted by molar-refractivity contribution is 8.45. The zero-order chi connectivity index (χ0) is 37.9. The second-order valence-electron chi connectivity index (χ2n) is 14.0. The van der Waals surface area contributed by atoms with Crippen LogP contribution in [0.25, 0.3) is 0 Å². The Morgan fingerprint density at radius 3 is 1.57 bits per heavy atom. The van der Waals surface area contributed by atoms with E-state index in [1.54, 1.807) is 14.2 Å². The average Bonchev–Trinajstić information content (AvgIpc) is 3.76. The van der Waals surface area contributed by atoms with Gasteiger partial charge in [-0.05, 0) is 15.4 Å². The van der Waals surface area contributed by atoms with Gasteiger partial charge in [-0.2, -0.15) is 0 Å². The zero-order valence-electron chi connectivity index (χ0n) is 31.5. The molecule has 0 radical (unpaired) electrons. The molecular formula is C38H50O7S8Si. The van der Waals surface area contributed by atoms with Gasteiger partial charge in [0.2, 0.25) is 0 Å². The molecule has 0 N–H and O–H groups in total. The van der Waals surface area contributed by atoms with Crippen molar-refractivity contribution in [3.05, 3.63) is 86.1 Å². The Hall–Kier alpha value is 0.397. The van der Waals surface area contributed by atoms with Crippen LogP contribution >= 0.6 is 94.1 Å². The van der Waals surface area contributed by atoms with Crippen LogP contribution in [0.4, 0.5) is 0 Å². The monoisotopic (exact) mass is 902 g/mol. The third kappa shape index (κ3) is 11.4. The molecule has 0 spiro atoms. The normalized spacial score (nSPS) is 20.4. The van der Waals surface area contributed by atoms with Gasteiger partial charge >= 0.3 is 0 Å². The van der Waals surface area contributed by atoms with E-state index in [2.05, 4.69) is 81.4 Å². The van der Waals surface area contributed by atoms with E-state index >= 15 is 0 Å². The summed E-state index contributed by atoms with van der Waals surface area (Å²) in [6.45, 7) is 11.5. The molecule has 2 aromatic rings. The first-order valence-corrected chi connectivity index (χ1v) is 26.8. The van der Waals surface area contributed by atoms with Crippen LogP contribution in [-0.4, -0.2) is 105 Å². The lowest BCUT2D eigenvalue weighted by atomic mass is 9.95. The molecule has 6 rings (SSSR count). The molecule has 2 aromatic carbocycles. The fourth-order valence-electron chi connectivity index (χ4n) is 6.19. The molecule has 4 aliphatic heterocycles. The van der Waals surface area contributed by atoms with Gasteiger partial charge in [0.15, 0.2) is 0 Å². The molecule has 7 nitrogen and oxygen atoms in total. The molecule has 4 aliphatic rings. The molecule has 1 unspecified atom stereocenters. The van der Waals surface area contributed by atoms with Crippen molar-refractivity contribution in [2.24, 2.45) is 5.41 Å². The predicted octanol–water partition coefficient (Wildman–Crippen LogP) is 9.49. The van der Waals surface area contributed by atoms with Gasteiger partial charge in [-0.15, -0.1) is 47.0 Å². The van der Waals surface area contributed by atoms with E-state index < -0.39 is 8.32 Å². The summed E-state index contributed by atoms with van der Waals surface area (Å²) in [6.07, 6.45) is 0. The first-order chi connectivity index (χ1) is 26.3. The number of hydrogen-bond donors (Lipinski definition) is 0. The molecule has 0 saturated heterocycles. The van der Waals surface area contributed by atoms with Crippen molar-refractivity contribution in [1.29, 1.82) is 0 Å². The fourth-order valence-corrected chi connectivity index (χ4v) is 23.8. The van der Waals surface area contributed by atoms with Crippen molar-refractivity contribution in [2.45, 2.75) is 31.1 Å². The van der Waals surface area contributed by atoms with Crippen molar-refractivity contribution in [3.8, 4) is 0 Å². The van der Waals surface area contributed by atoms with E-state index in [1.165, 1.54) is 35.8 Å². The van der Waals surface area contributed by atoms with E-state index in [1.807, 2.05) is 94.1 Å². The highest BCUT2D eigenvalue weighted by atomic mass is 32.3. The molecule has 0 bridgehead atoms. The van der Waals surface area contributed by atoms with Crippen LogP contribution in [0.15, 0.2) is 86.1 Å². The molecule has 0 aromatic heterocycles. The lowest BCUT2D eigenvalue weighted by Gasteiger charge is -2.43. The van der Waals surface area contributed by atoms with Crippen molar-refractivity contribution in [3.63, 3.8) is 0 Å². The SMILES string of the molecule is COCCOCOCC1(COCOCCOC)CSC2=C(SC1)SC(=C1SC3=C(S1)SC(CO[Si](c1ccccc1)(c1ccccc1)C(C)(C)C)CS3)S2. The van der Waals surface area contributed by atoms with Crippen LogP contribution in [0.5, 0.6) is 0 Å². The van der Waals surface area contributed by atoms with E-state index in [0.717, 1.165) is 23.9 Å². The molecule has 4 heterocycles. The highest BCUT2D eigenvalue weighted by Crippen LogP contribution is 2.68. The number of methoxy groups -OCH3 is 2. The molecule has 0 aliphatic carbocycles. The lowest BCUT2D eigenvalue weighted by Crippen LogP contribution is -2.67. The van der Waals surface area contributed by atoms with Crippen LogP contribution < -0.4 is 10.4 Å². The van der Waals surface area contributed by atoms with Gasteiger partial charge in [-0.1, -0.05) is 128 Å². The number of benzene rings is 2. The smallest absolute Gasteiger partial charge is 0.261 e. The summed E-state index contributed by atoms with van der Waals surface area (Å²) >= 11 is 15.7. The molecule has 16 heteroatoms. The molecular weight excluding hydrogens is 853 g/mol. The number of rotatable bonds is 19. The molecule has 0 fully saturated rings. The Kier molecular flexibility index (Phi) is 17.6. The minimum Gasteiger partial charge on any atom is -0.406 e. The molecule has 296 valence electrons. The van der Waals surface area contributed by atoms with E-state index in [4.69, 9.17) is 32.8 Å². The fraction of sp³-hybridized carbons (Fsp3) is 0.526. The Morgan fingerprint density at radius 2 is 1.09 bits per heavy atom. The Morgan fingerprint density at radius 1 is 0.611 bits per heavy atom. The maximum atomic E-state index is 7.36. The highest BCUT2D eigenvalue weighted by Gasteiger charge is 2.50. The standard InChI is InChI=1S/C38H50O7S8Si/c1-37(2,3)54(29-12-8-6-9-13-29,30-14-10-7-11-15-30)45-20-28-21-46-33-34(49-28)53-36(52-33)35-50-31-32(51-35)48-25-38(24-47-31,22-43-26-41-18-16-39-4)23-44-27-42-19-17-40-5/h6-15,28H,16-27H2,1-5H3. The van der Waals surface area contributed by atoms with Gasteiger partial charge < -0.3 is 32.8 Å². The van der Waals surface area contributed by atoms with Crippen LogP contribution in [-0.2, 0) is 32.8 Å². The lowest BCUT2D eigenvalue weighted by molar-refractivity contribution is -0.117. The van der Waals surface area contributed by atoms with Crippen molar-refractivity contribution >= 4 is 113 Å². The van der Waals surface area contributed by atoms with E-state index in [0.29, 0.717) is 44.9 Å². The number of hydrogen-bond acceptors (Lipinski definition) is 15. The number of ether oxygens (including phenoxy) is 6. The van der Waals surface area contributed by atoms with E-state index in [9.17, 15) is 0 Å². The van der Waals surface area contributed by atoms with Gasteiger partial charge in [0, 0.05) is 48.7 Å². The minimum absolute atomic E-state index is 0.0310. The molecule has 54 heavy (non-hydrogen) atoms. The van der Waals surface area contributed by atoms with Gasteiger partial charge in [0.05, 0.1) is 65.1 Å². The molecule has 0 amide bonds.